The molecule has 0 spiro atoms. The molecule has 1 saturated heterocycles. The maximum Gasteiger partial charge on any atom is 0.255 e. The van der Waals surface area contributed by atoms with Crippen LogP contribution in [-0.2, 0) is 10.0 Å². The average molecular weight is 434 g/mol. The van der Waals surface area contributed by atoms with E-state index in [9.17, 15) is 13.2 Å². The average Bonchev–Trinajstić information content (AvgIpc) is 2.63. The Labute approximate surface area is 167 Å². The Hall–Kier alpha value is -1.31. The topological polar surface area (TPSA) is 57.7 Å². The molecule has 1 aliphatic heterocycles. The van der Waals surface area contributed by atoms with E-state index in [1.165, 1.54) is 22.5 Å². The molecular weight excluding hydrogens is 419 g/mol. The van der Waals surface area contributed by atoms with Crippen LogP contribution in [0.15, 0.2) is 47.4 Å². The molecule has 0 saturated carbocycles. The largest absolute Gasteiger partial charge is 0.336 e. The molecule has 5 nitrogen and oxygen atoms in total. The lowest BCUT2D eigenvalue weighted by Crippen LogP contribution is -2.50. The van der Waals surface area contributed by atoms with Gasteiger partial charge in [0.1, 0.15) is 4.90 Å². The van der Waals surface area contributed by atoms with Gasteiger partial charge in [-0.2, -0.15) is 4.31 Å². The SMILES string of the molecule is O=C(c1cc(Cl)ccc1Cl)N1CCN(S(=O)(=O)c2ccccc2Cl)CC1. The molecule has 1 heterocycles. The van der Waals surface area contributed by atoms with Crippen LogP contribution >= 0.6 is 34.8 Å². The quantitative estimate of drug-likeness (QED) is 0.740. The number of hydrogen-bond donors (Lipinski definition) is 0. The maximum absolute atomic E-state index is 12.8. The second-order valence-corrected chi connectivity index (χ2v) is 8.91. The molecule has 0 radical (unpaired) electrons. The van der Waals surface area contributed by atoms with Gasteiger partial charge in [0.05, 0.1) is 15.6 Å². The summed E-state index contributed by atoms with van der Waals surface area (Å²) in [6.45, 7) is 0.867. The maximum atomic E-state index is 12.8. The standard InChI is InChI=1S/C17H15Cl3N2O3S/c18-12-5-6-14(19)13(11-12)17(23)21-7-9-22(10-8-21)26(24,25)16-4-2-1-3-15(16)20/h1-6,11H,7-10H2. The summed E-state index contributed by atoms with van der Waals surface area (Å²) in [7, 11) is -3.71. The van der Waals surface area contributed by atoms with Crippen molar-refractivity contribution in [3.05, 3.63) is 63.1 Å². The zero-order chi connectivity index (χ0) is 18.9. The number of nitrogens with zero attached hydrogens (tertiary/aromatic N) is 2. The number of sulfonamides is 1. The normalized spacial score (nSPS) is 15.9. The van der Waals surface area contributed by atoms with Crippen LogP contribution < -0.4 is 0 Å². The van der Waals surface area contributed by atoms with Crippen LogP contribution in [0, 0.1) is 0 Å². The van der Waals surface area contributed by atoms with Crippen molar-refractivity contribution in [3.8, 4) is 0 Å². The first kappa shape index (κ1) is 19.5. The van der Waals surface area contributed by atoms with Gasteiger partial charge in [0.15, 0.2) is 0 Å². The number of amides is 1. The van der Waals surface area contributed by atoms with Crippen molar-refractivity contribution in [2.45, 2.75) is 4.90 Å². The summed E-state index contributed by atoms with van der Waals surface area (Å²) in [4.78, 5) is 14.3. The minimum absolute atomic E-state index is 0.0688. The lowest BCUT2D eigenvalue weighted by atomic mass is 10.2. The Morgan fingerprint density at radius 1 is 0.885 bits per heavy atom. The van der Waals surface area contributed by atoms with E-state index in [0.29, 0.717) is 15.6 Å². The number of rotatable bonds is 3. The van der Waals surface area contributed by atoms with Crippen LogP contribution in [0.3, 0.4) is 0 Å². The molecule has 0 unspecified atom stereocenters. The van der Waals surface area contributed by atoms with Gasteiger partial charge in [0, 0.05) is 31.2 Å². The molecule has 3 rings (SSSR count). The first-order chi connectivity index (χ1) is 12.3. The monoisotopic (exact) mass is 432 g/mol. The molecule has 1 amide bonds. The molecule has 0 bridgehead atoms. The number of piperazine rings is 1. The predicted octanol–water partition coefficient (Wildman–Crippen LogP) is 3.79. The minimum atomic E-state index is -3.71. The molecule has 1 aliphatic rings. The van der Waals surface area contributed by atoms with E-state index < -0.39 is 10.0 Å². The van der Waals surface area contributed by atoms with Gasteiger partial charge >= 0.3 is 0 Å². The summed E-state index contributed by atoms with van der Waals surface area (Å²) < 4.78 is 26.8. The zero-order valence-electron chi connectivity index (χ0n) is 13.5. The summed E-state index contributed by atoms with van der Waals surface area (Å²) in [5.41, 5.74) is 0.307. The molecule has 9 heteroatoms. The van der Waals surface area contributed by atoms with E-state index in [-0.39, 0.29) is 42.0 Å². The molecule has 0 aliphatic carbocycles. The molecule has 0 aromatic heterocycles. The number of carbonyl (C=O) groups excluding carboxylic acids is 1. The van der Waals surface area contributed by atoms with E-state index in [4.69, 9.17) is 34.8 Å². The first-order valence-corrected chi connectivity index (χ1v) is 10.4. The summed E-state index contributed by atoms with van der Waals surface area (Å²) in [6, 6.07) is 11.0. The van der Waals surface area contributed by atoms with Crippen LogP contribution in [0.2, 0.25) is 15.1 Å². The van der Waals surface area contributed by atoms with Gasteiger partial charge in [-0.25, -0.2) is 8.42 Å². The number of carbonyl (C=O) groups is 1. The summed E-state index contributed by atoms with van der Waals surface area (Å²) in [6.07, 6.45) is 0. The van der Waals surface area contributed by atoms with E-state index in [0.717, 1.165) is 0 Å². The van der Waals surface area contributed by atoms with Gasteiger partial charge in [0.2, 0.25) is 10.0 Å². The van der Waals surface area contributed by atoms with E-state index in [2.05, 4.69) is 0 Å². The highest BCUT2D eigenvalue weighted by Crippen LogP contribution is 2.26. The number of halogens is 3. The molecule has 138 valence electrons. The first-order valence-electron chi connectivity index (χ1n) is 7.80. The smallest absolute Gasteiger partial charge is 0.255 e. The van der Waals surface area contributed by atoms with Gasteiger partial charge < -0.3 is 4.90 Å². The molecular formula is C17H15Cl3N2O3S. The van der Waals surface area contributed by atoms with Gasteiger partial charge in [-0.05, 0) is 30.3 Å². The summed E-state index contributed by atoms with van der Waals surface area (Å²) in [5.74, 6) is -0.271. The predicted molar refractivity (Wildman–Crippen MR) is 103 cm³/mol. The Morgan fingerprint density at radius 3 is 2.19 bits per heavy atom. The highest BCUT2D eigenvalue weighted by atomic mass is 35.5. The molecule has 0 atom stereocenters. The fourth-order valence-corrected chi connectivity index (χ4v) is 5.04. The van der Waals surface area contributed by atoms with Crippen LogP contribution in [0.1, 0.15) is 10.4 Å². The van der Waals surface area contributed by atoms with E-state index in [1.807, 2.05) is 0 Å². The third-order valence-corrected chi connectivity index (χ3v) is 7.10. The van der Waals surface area contributed by atoms with Crippen molar-refractivity contribution in [2.24, 2.45) is 0 Å². The van der Waals surface area contributed by atoms with Crippen molar-refractivity contribution in [1.82, 2.24) is 9.21 Å². The third kappa shape index (κ3) is 3.85. The van der Waals surface area contributed by atoms with Gasteiger partial charge in [-0.1, -0.05) is 46.9 Å². The van der Waals surface area contributed by atoms with Crippen LogP contribution in [0.5, 0.6) is 0 Å². The number of benzene rings is 2. The highest BCUT2D eigenvalue weighted by Gasteiger charge is 2.32. The fraction of sp³-hybridized carbons (Fsp3) is 0.235. The summed E-state index contributed by atoms with van der Waals surface area (Å²) in [5, 5.41) is 0.903. The van der Waals surface area contributed by atoms with Crippen LogP contribution in [0.4, 0.5) is 0 Å². The zero-order valence-corrected chi connectivity index (χ0v) is 16.6. The Kier molecular flexibility index (Phi) is 5.79. The molecule has 1 fully saturated rings. The van der Waals surface area contributed by atoms with Crippen LogP contribution in [-0.4, -0.2) is 49.7 Å². The van der Waals surface area contributed by atoms with Crippen molar-refractivity contribution < 1.29 is 13.2 Å². The molecule has 0 N–H and O–H groups in total. The van der Waals surface area contributed by atoms with Crippen LogP contribution in [0.25, 0.3) is 0 Å². The fourth-order valence-electron chi connectivity index (χ4n) is 2.76. The Balaban J connectivity index is 1.74. The van der Waals surface area contributed by atoms with E-state index in [1.54, 1.807) is 29.2 Å². The van der Waals surface area contributed by atoms with Gasteiger partial charge in [-0.15, -0.1) is 0 Å². The lowest BCUT2D eigenvalue weighted by molar-refractivity contribution is 0.0698. The second-order valence-electron chi connectivity index (χ2n) is 5.75. The highest BCUT2D eigenvalue weighted by molar-refractivity contribution is 7.89. The minimum Gasteiger partial charge on any atom is -0.336 e. The third-order valence-electron chi connectivity index (χ3n) is 4.14. The Bertz CT molecular complexity index is 942. The van der Waals surface area contributed by atoms with Crippen molar-refractivity contribution in [1.29, 1.82) is 0 Å². The van der Waals surface area contributed by atoms with Crippen molar-refractivity contribution in [3.63, 3.8) is 0 Å². The van der Waals surface area contributed by atoms with Crippen molar-refractivity contribution >= 4 is 50.7 Å². The molecule has 2 aromatic rings. The van der Waals surface area contributed by atoms with Gasteiger partial charge in [-0.3, -0.25) is 4.79 Å². The Morgan fingerprint density at radius 2 is 1.54 bits per heavy atom. The second kappa shape index (κ2) is 7.74. The number of hydrogen-bond acceptors (Lipinski definition) is 3. The molecule has 26 heavy (non-hydrogen) atoms. The molecule has 2 aromatic carbocycles. The lowest BCUT2D eigenvalue weighted by Gasteiger charge is -2.34. The summed E-state index contributed by atoms with van der Waals surface area (Å²) >= 11 is 18.0. The van der Waals surface area contributed by atoms with Crippen molar-refractivity contribution in [2.75, 3.05) is 26.2 Å². The van der Waals surface area contributed by atoms with Gasteiger partial charge in [0.25, 0.3) is 5.91 Å². The van der Waals surface area contributed by atoms with E-state index >= 15 is 0 Å².